The molecular formula is C16H23N3. The van der Waals surface area contributed by atoms with Crippen molar-refractivity contribution in [1.82, 2.24) is 4.98 Å². The number of pyridine rings is 1. The lowest BCUT2D eigenvalue weighted by Crippen LogP contribution is -2.12. The van der Waals surface area contributed by atoms with Gasteiger partial charge in [0, 0.05) is 37.3 Å². The van der Waals surface area contributed by atoms with Gasteiger partial charge in [0.1, 0.15) is 0 Å². The van der Waals surface area contributed by atoms with Gasteiger partial charge in [-0.05, 0) is 24.1 Å². The minimum Gasteiger partial charge on any atom is -0.377 e. The molecule has 0 saturated carbocycles. The number of benzene rings is 1. The molecule has 0 saturated heterocycles. The molecule has 3 nitrogen and oxygen atoms in total. The molecule has 0 fully saturated rings. The van der Waals surface area contributed by atoms with E-state index >= 15 is 0 Å². The van der Waals surface area contributed by atoms with E-state index in [0.29, 0.717) is 12.5 Å². The van der Waals surface area contributed by atoms with E-state index in [1.165, 1.54) is 16.6 Å². The number of nitrogens with zero attached hydrogens (tertiary/aromatic N) is 2. The monoisotopic (exact) mass is 257 g/mol. The summed E-state index contributed by atoms with van der Waals surface area (Å²) in [5, 5.41) is 1.22. The van der Waals surface area contributed by atoms with Gasteiger partial charge in [-0.3, -0.25) is 4.98 Å². The first-order chi connectivity index (χ1) is 9.04. The van der Waals surface area contributed by atoms with Crippen molar-refractivity contribution >= 4 is 16.6 Å². The number of hydrogen-bond donors (Lipinski definition) is 1. The Hall–Kier alpha value is -1.61. The number of fused-ring (bicyclic) bond motifs is 1. The van der Waals surface area contributed by atoms with E-state index in [2.05, 4.69) is 57.1 Å². The highest BCUT2D eigenvalue weighted by atomic mass is 15.1. The fraction of sp³-hybridized carbons (Fsp3) is 0.438. The van der Waals surface area contributed by atoms with Gasteiger partial charge in [-0.2, -0.15) is 0 Å². The van der Waals surface area contributed by atoms with Crippen molar-refractivity contribution in [3.05, 3.63) is 35.5 Å². The largest absolute Gasteiger partial charge is 0.377 e. The maximum Gasteiger partial charge on any atom is 0.0760 e. The standard InChI is InChI=1S/C16H23N3/c1-11(2)13-6-5-7-14-15(19(3)4)10-12(8-9-17)18-16(13)14/h5-7,10-11H,8-9,17H2,1-4H3. The summed E-state index contributed by atoms with van der Waals surface area (Å²) in [7, 11) is 4.14. The molecular weight excluding hydrogens is 234 g/mol. The molecule has 0 unspecified atom stereocenters. The second kappa shape index (κ2) is 5.57. The maximum absolute atomic E-state index is 5.68. The van der Waals surface area contributed by atoms with Gasteiger partial charge in [0.25, 0.3) is 0 Å². The van der Waals surface area contributed by atoms with Crippen LogP contribution in [0.2, 0.25) is 0 Å². The fourth-order valence-electron chi connectivity index (χ4n) is 2.42. The molecule has 2 N–H and O–H groups in total. The summed E-state index contributed by atoms with van der Waals surface area (Å²) in [6, 6.07) is 8.59. The van der Waals surface area contributed by atoms with Crippen LogP contribution in [0.5, 0.6) is 0 Å². The molecule has 0 aliphatic rings. The first-order valence-corrected chi connectivity index (χ1v) is 6.84. The van der Waals surface area contributed by atoms with Crippen LogP contribution in [-0.4, -0.2) is 25.6 Å². The van der Waals surface area contributed by atoms with E-state index in [0.717, 1.165) is 17.6 Å². The highest BCUT2D eigenvalue weighted by molar-refractivity contribution is 5.94. The van der Waals surface area contributed by atoms with Gasteiger partial charge in [0.2, 0.25) is 0 Å². The van der Waals surface area contributed by atoms with E-state index in [9.17, 15) is 0 Å². The molecule has 19 heavy (non-hydrogen) atoms. The summed E-state index contributed by atoms with van der Waals surface area (Å²) in [6.07, 6.45) is 0.823. The Bertz CT molecular complexity index is 573. The predicted octanol–water partition coefficient (Wildman–Crippen LogP) is 2.93. The van der Waals surface area contributed by atoms with E-state index in [1.54, 1.807) is 0 Å². The van der Waals surface area contributed by atoms with Gasteiger partial charge < -0.3 is 10.6 Å². The molecule has 0 spiro atoms. The van der Waals surface area contributed by atoms with E-state index < -0.39 is 0 Å². The second-order valence-corrected chi connectivity index (χ2v) is 5.46. The lowest BCUT2D eigenvalue weighted by atomic mass is 9.98. The van der Waals surface area contributed by atoms with Crippen LogP contribution in [0.25, 0.3) is 10.9 Å². The summed E-state index contributed by atoms with van der Waals surface area (Å²) in [4.78, 5) is 6.97. The van der Waals surface area contributed by atoms with Crippen LogP contribution in [0.15, 0.2) is 24.3 Å². The molecule has 2 rings (SSSR count). The topological polar surface area (TPSA) is 42.1 Å². The smallest absolute Gasteiger partial charge is 0.0760 e. The van der Waals surface area contributed by atoms with Crippen LogP contribution in [0.4, 0.5) is 5.69 Å². The Morgan fingerprint density at radius 1 is 1.26 bits per heavy atom. The number of rotatable bonds is 4. The molecule has 0 aliphatic carbocycles. The number of anilines is 1. The van der Waals surface area contributed by atoms with Crippen LogP contribution in [-0.2, 0) is 6.42 Å². The van der Waals surface area contributed by atoms with Crippen molar-refractivity contribution in [2.75, 3.05) is 25.5 Å². The van der Waals surface area contributed by atoms with Crippen molar-refractivity contribution in [1.29, 1.82) is 0 Å². The third-order valence-corrected chi connectivity index (χ3v) is 3.41. The number of para-hydroxylation sites is 1. The zero-order valence-electron chi connectivity index (χ0n) is 12.3. The SMILES string of the molecule is CC(C)c1cccc2c(N(C)C)cc(CCN)nc12. The van der Waals surface area contributed by atoms with Crippen molar-refractivity contribution in [3.63, 3.8) is 0 Å². The molecule has 0 radical (unpaired) electrons. The molecule has 2 aromatic rings. The molecule has 102 valence electrons. The summed E-state index contributed by atoms with van der Waals surface area (Å²) in [5.74, 6) is 0.472. The van der Waals surface area contributed by atoms with Gasteiger partial charge in [-0.15, -0.1) is 0 Å². The first-order valence-electron chi connectivity index (χ1n) is 6.84. The number of aromatic nitrogens is 1. The zero-order chi connectivity index (χ0) is 14.0. The Balaban J connectivity index is 2.75. The lowest BCUT2D eigenvalue weighted by molar-refractivity contribution is 0.867. The number of nitrogens with two attached hydrogens (primary N) is 1. The highest BCUT2D eigenvalue weighted by Crippen LogP contribution is 2.30. The van der Waals surface area contributed by atoms with Crippen molar-refractivity contribution in [2.24, 2.45) is 5.73 Å². The highest BCUT2D eigenvalue weighted by Gasteiger charge is 2.12. The first kappa shape index (κ1) is 13.8. The van der Waals surface area contributed by atoms with Crippen LogP contribution in [0, 0.1) is 0 Å². The molecule has 1 aromatic heterocycles. The third-order valence-electron chi connectivity index (χ3n) is 3.41. The van der Waals surface area contributed by atoms with Crippen LogP contribution in [0.3, 0.4) is 0 Å². The molecule has 0 bridgehead atoms. The molecule has 3 heteroatoms. The maximum atomic E-state index is 5.68. The van der Waals surface area contributed by atoms with Crippen molar-refractivity contribution in [2.45, 2.75) is 26.2 Å². The molecule has 0 atom stereocenters. The summed E-state index contributed by atoms with van der Waals surface area (Å²) < 4.78 is 0. The Labute approximate surface area is 115 Å². The molecule has 1 heterocycles. The Kier molecular flexibility index (Phi) is 4.05. The predicted molar refractivity (Wildman–Crippen MR) is 82.9 cm³/mol. The molecule has 0 aliphatic heterocycles. The van der Waals surface area contributed by atoms with Crippen molar-refractivity contribution < 1.29 is 0 Å². The summed E-state index contributed by atoms with van der Waals surface area (Å²) in [6.45, 7) is 5.05. The van der Waals surface area contributed by atoms with Crippen molar-refractivity contribution in [3.8, 4) is 0 Å². The molecule has 1 aromatic carbocycles. The normalized spacial score (nSPS) is 11.3. The van der Waals surface area contributed by atoms with Gasteiger partial charge >= 0.3 is 0 Å². The third kappa shape index (κ3) is 2.71. The number of hydrogen-bond acceptors (Lipinski definition) is 3. The summed E-state index contributed by atoms with van der Waals surface area (Å²) in [5.41, 5.74) is 10.4. The fourth-order valence-corrected chi connectivity index (χ4v) is 2.42. The van der Waals surface area contributed by atoms with Crippen LogP contribution < -0.4 is 10.6 Å². The van der Waals surface area contributed by atoms with E-state index in [-0.39, 0.29) is 0 Å². The minimum absolute atomic E-state index is 0.472. The van der Waals surface area contributed by atoms with Gasteiger partial charge in [0.15, 0.2) is 0 Å². The van der Waals surface area contributed by atoms with Crippen LogP contribution in [0.1, 0.15) is 31.0 Å². The minimum atomic E-state index is 0.472. The lowest BCUT2D eigenvalue weighted by Gasteiger charge is -2.19. The van der Waals surface area contributed by atoms with Gasteiger partial charge in [-0.25, -0.2) is 0 Å². The Morgan fingerprint density at radius 3 is 2.58 bits per heavy atom. The van der Waals surface area contributed by atoms with Gasteiger partial charge in [0.05, 0.1) is 5.52 Å². The average Bonchev–Trinajstić information content (AvgIpc) is 2.37. The van der Waals surface area contributed by atoms with Gasteiger partial charge in [-0.1, -0.05) is 32.0 Å². The second-order valence-electron chi connectivity index (χ2n) is 5.46. The van der Waals surface area contributed by atoms with E-state index in [1.807, 2.05) is 0 Å². The Morgan fingerprint density at radius 2 is 2.00 bits per heavy atom. The van der Waals surface area contributed by atoms with Crippen LogP contribution >= 0.6 is 0 Å². The summed E-state index contributed by atoms with van der Waals surface area (Å²) >= 11 is 0. The average molecular weight is 257 g/mol. The van der Waals surface area contributed by atoms with E-state index in [4.69, 9.17) is 10.7 Å². The quantitative estimate of drug-likeness (QED) is 0.915. The zero-order valence-corrected chi connectivity index (χ0v) is 12.3. The molecule has 0 amide bonds.